The zero-order valence-corrected chi connectivity index (χ0v) is 17.5. The third-order valence-electron chi connectivity index (χ3n) is 3.20. The molecule has 11 heteroatoms. The molecule has 0 saturated heterocycles. The quantitative estimate of drug-likeness (QED) is 0.500. The fraction of sp³-hybridized carbons (Fsp3) is 0.500. The Hall–Kier alpha value is 0.290. The van der Waals surface area contributed by atoms with E-state index in [0.29, 0.717) is 10.9 Å². The first-order valence-corrected chi connectivity index (χ1v) is 11.6. The molecule has 7 nitrogen and oxygen atoms in total. The van der Waals surface area contributed by atoms with Crippen LogP contribution < -0.4 is 4.72 Å². The van der Waals surface area contributed by atoms with Crippen LogP contribution in [0.5, 0.6) is 0 Å². The fourth-order valence-electron chi connectivity index (χ4n) is 1.77. The summed E-state index contributed by atoms with van der Waals surface area (Å²) in [6.45, 7) is 4.15. The Balaban J connectivity index is 0.000000841. The number of nitrogens with one attached hydrogen (secondary N) is 1. The number of hydrogen-bond donors (Lipinski definition) is 3. The first-order chi connectivity index (χ1) is 10.4. The zero-order valence-electron chi connectivity index (χ0n) is 13.1. The van der Waals surface area contributed by atoms with Crippen molar-refractivity contribution in [2.24, 2.45) is 5.92 Å². The van der Waals surface area contributed by atoms with Crippen LogP contribution >= 0.6 is 11.6 Å². The molecule has 1 rings (SSSR count). The van der Waals surface area contributed by atoms with Gasteiger partial charge in [-0.2, -0.15) is 8.42 Å². The van der Waals surface area contributed by atoms with Crippen molar-refractivity contribution >= 4 is 60.0 Å². The molecule has 0 aliphatic carbocycles. The van der Waals surface area contributed by atoms with Crippen molar-refractivity contribution in [1.82, 2.24) is 4.72 Å². The average molecular weight is 396 g/mol. The van der Waals surface area contributed by atoms with Crippen LogP contribution in [-0.4, -0.2) is 59.9 Å². The van der Waals surface area contributed by atoms with Crippen molar-refractivity contribution in [3.63, 3.8) is 0 Å². The van der Waals surface area contributed by atoms with E-state index in [4.69, 9.17) is 29.1 Å². The molecular formula is C12H19ClNNaO6S2. The Labute approximate surface area is 159 Å². The third-order valence-corrected chi connectivity index (χ3v) is 5.84. The zero-order chi connectivity index (χ0) is 18.3. The van der Waals surface area contributed by atoms with Crippen LogP contribution in [-0.2, 0) is 20.4 Å². The van der Waals surface area contributed by atoms with Crippen molar-refractivity contribution < 1.29 is 25.9 Å². The molecule has 1 aromatic carbocycles. The molecule has 0 radical (unpaired) electrons. The molecule has 0 aromatic heterocycles. The largest absolute Gasteiger partial charge is 0.394 e. The van der Waals surface area contributed by atoms with Crippen LogP contribution in [0.3, 0.4) is 0 Å². The monoisotopic (exact) mass is 395 g/mol. The molecule has 128 valence electrons. The third kappa shape index (κ3) is 10.7. The summed E-state index contributed by atoms with van der Waals surface area (Å²) in [6, 6.07) is 6.28. The summed E-state index contributed by atoms with van der Waals surface area (Å²) >= 11 is 6.74. The molecule has 1 aromatic rings. The Kier molecular flexibility index (Phi) is 10.4. The van der Waals surface area contributed by atoms with Gasteiger partial charge < -0.3 is 0 Å². The molecule has 0 spiro atoms. The standard InChI is InChI=1S/C12H17ClNO2S.Na.H2O4S/c1-4-9(2)10(3)14-17(15,16)12-7-5-11(13)6-8-12;;1-5(2,3)4/h5-10,14H,3-4H2,1-2H3;;(H2,1,2,3,4). The molecule has 0 bridgehead atoms. The first-order valence-electron chi connectivity index (χ1n) is 6.88. The van der Waals surface area contributed by atoms with Crippen molar-refractivity contribution in [3.8, 4) is 0 Å². The Morgan fingerprint density at radius 3 is 1.96 bits per heavy atom. The molecule has 2 atom stereocenters. The normalized spacial score (nSPS) is 14.6. The van der Waals surface area contributed by atoms with Crippen LogP contribution in [0.1, 0.15) is 20.3 Å². The molecule has 0 saturated carbocycles. The number of sulfonamides is 1. The van der Waals surface area contributed by atoms with Gasteiger partial charge in [-0.25, -0.2) is 0 Å². The van der Waals surface area contributed by atoms with E-state index >= 15 is 0 Å². The van der Waals surface area contributed by atoms with E-state index in [0.717, 1.165) is 38.0 Å². The van der Waals surface area contributed by atoms with Gasteiger partial charge in [-0.05, 0) is 0 Å². The molecule has 2 unspecified atom stereocenters. The SMILES string of the molecule is CCC(C)C([CH2][Na])NS(=O)(=O)c1ccc(Cl)cc1.O=S(=O)(O)O. The Morgan fingerprint density at radius 2 is 1.61 bits per heavy atom. The summed E-state index contributed by atoms with van der Waals surface area (Å²) in [4.78, 5) is 0.273. The van der Waals surface area contributed by atoms with E-state index in [2.05, 4.69) is 18.6 Å². The van der Waals surface area contributed by atoms with Crippen LogP contribution in [0.15, 0.2) is 29.2 Å². The smallest absolute Gasteiger partial charge is 0.264 e. The molecule has 0 amide bonds. The number of hydrogen-bond acceptors (Lipinski definition) is 4. The van der Waals surface area contributed by atoms with Gasteiger partial charge in [-0.1, -0.05) is 0 Å². The maximum absolute atomic E-state index is 12.2. The first kappa shape index (κ1) is 23.3. The minimum atomic E-state index is -4.67. The summed E-state index contributed by atoms with van der Waals surface area (Å²) < 4.78 is 59.7. The summed E-state index contributed by atoms with van der Waals surface area (Å²) in [5, 5.41) is 0.537. The van der Waals surface area contributed by atoms with E-state index in [1.807, 2.05) is 0 Å². The molecule has 0 fully saturated rings. The molecule has 0 aliphatic rings. The Bertz CT molecular complexity index is 670. The maximum Gasteiger partial charge on any atom is 0.394 e. The van der Waals surface area contributed by atoms with Crippen molar-refractivity contribution in [1.29, 1.82) is 0 Å². The molecule has 3 N–H and O–H groups in total. The predicted molar refractivity (Wildman–Crippen MR) is 89.8 cm³/mol. The van der Waals surface area contributed by atoms with Gasteiger partial charge in [-0.15, -0.1) is 0 Å². The van der Waals surface area contributed by atoms with Crippen LogP contribution in [0.2, 0.25) is 8.69 Å². The van der Waals surface area contributed by atoms with Crippen LogP contribution in [0, 0.1) is 5.92 Å². The van der Waals surface area contributed by atoms with Gasteiger partial charge in [0, 0.05) is 0 Å². The molecule has 23 heavy (non-hydrogen) atoms. The second kappa shape index (κ2) is 10.3. The minimum absolute atomic E-state index is 0.0299. The average Bonchev–Trinajstić information content (AvgIpc) is 2.42. The van der Waals surface area contributed by atoms with Gasteiger partial charge in [0.15, 0.2) is 0 Å². The van der Waals surface area contributed by atoms with Gasteiger partial charge in [0.1, 0.15) is 0 Å². The molecule has 0 heterocycles. The van der Waals surface area contributed by atoms with Crippen molar-refractivity contribution in [2.75, 3.05) is 0 Å². The summed E-state index contributed by atoms with van der Waals surface area (Å²) in [5.41, 5.74) is 0. The fourth-order valence-corrected chi connectivity index (χ4v) is 4.63. The van der Waals surface area contributed by atoms with Crippen LogP contribution in [0.25, 0.3) is 0 Å². The second-order valence-electron chi connectivity index (χ2n) is 4.92. The topological polar surface area (TPSA) is 121 Å². The van der Waals surface area contributed by atoms with E-state index in [1.165, 1.54) is 12.1 Å². The van der Waals surface area contributed by atoms with Gasteiger partial charge in [0.2, 0.25) is 0 Å². The van der Waals surface area contributed by atoms with Crippen molar-refractivity contribution in [2.45, 2.75) is 34.9 Å². The summed E-state index contributed by atoms with van der Waals surface area (Å²) in [7, 11) is -8.10. The summed E-state index contributed by atoms with van der Waals surface area (Å²) in [5.74, 6) is 0.351. The van der Waals surface area contributed by atoms with Gasteiger partial charge in [0.05, 0.1) is 0 Å². The van der Waals surface area contributed by atoms with Gasteiger partial charge in [-0.3, -0.25) is 9.11 Å². The maximum atomic E-state index is 12.2. The Morgan fingerprint density at radius 1 is 1.17 bits per heavy atom. The van der Waals surface area contributed by atoms with E-state index in [-0.39, 0.29) is 10.9 Å². The van der Waals surface area contributed by atoms with E-state index in [9.17, 15) is 8.42 Å². The number of benzene rings is 1. The van der Waals surface area contributed by atoms with E-state index < -0.39 is 20.4 Å². The molecule has 0 aliphatic heterocycles. The summed E-state index contributed by atoms with van der Waals surface area (Å²) in [6.07, 6.45) is 0.968. The van der Waals surface area contributed by atoms with E-state index in [1.54, 1.807) is 12.1 Å². The number of rotatable bonds is 6. The second-order valence-corrected chi connectivity index (χ2v) is 8.79. The van der Waals surface area contributed by atoms with Crippen LogP contribution in [0.4, 0.5) is 0 Å². The molecular weight excluding hydrogens is 377 g/mol. The number of halogens is 1. The van der Waals surface area contributed by atoms with Crippen molar-refractivity contribution in [3.05, 3.63) is 29.3 Å². The van der Waals surface area contributed by atoms with Gasteiger partial charge in [0.25, 0.3) is 0 Å². The predicted octanol–water partition coefficient (Wildman–Crippen LogP) is 1.97. The minimum Gasteiger partial charge on any atom is -0.264 e. The van der Waals surface area contributed by atoms with Gasteiger partial charge >= 0.3 is 143 Å².